The van der Waals surface area contributed by atoms with Crippen LogP contribution in [0.25, 0.3) is 27.8 Å². The van der Waals surface area contributed by atoms with Crippen molar-refractivity contribution < 1.29 is 9.90 Å². The fraction of sp³-hybridized carbons (Fsp3) is 0. The second-order valence-electron chi connectivity index (χ2n) is 5.95. The highest BCUT2D eigenvalue weighted by molar-refractivity contribution is 6.36. The van der Waals surface area contributed by atoms with Crippen LogP contribution in [0.15, 0.2) is 54.9 Å². The average molecular weight is 414 g/mol. The second-order valence-corrected chi connectivity index (χ2v) is 6.75. The zero-order chi connectivity index (χ0) is 19.8. The molecule has 1 amide bonds. The number of carboxylic acid groups (broad SMARTS) is 1. The average Bonchev–Trinajstić information content (AvgIpc) is 2.96. The van der Waals surface area contributed by atoms with E-state index in [9.17, 15) is 9.90 Å². The van der Waals surface area contributed by atoms with Gasteiger partial charge in [0.1, 0.15) is 17.3 Å². The summed E-state index contributed by atoms with van der Waals surface area (Å²) in [5.41, 5.74) is 8.92. The molecular formula is C19H13Cl2N5O2. The Hall–Kier alpha value is -3.29. The molecule has 0 bridgehead atoms. The van der Waals surface area contributed by atoms with E-state index >= 15 is 0 Å². The molecule has 0 aliphatic heterocycles. The van der Waals surface area contributed by atoms with Crippen molar-refractivity contribution in [1.82, 2.24) is 14.5 Å². The quantitative estimate of drug-likeness (QED) is 0.406. The van der Waals surface area contributed by atoms with Gasteiger partial charge in [0.15, 0.2) is 5.65 Å². The number of benzene rings is 2. The predicted octanol–water partition coefficient (Wildman–Crippen LogP) is 5.07. The number of nitrogens with one attached hydrogen (secondary N) is 1. The molecule has 0 spiro atoms. The normalized spacial score (nSPS) is 10.9. The minimum Gasteiger partial charge on any atom is -0.465 e. The number of hydrogen-bond donors (Lipinski definition) is 3. The van der Waals surface area contributed by atoms with Gasteiger partial charge in [0.2, 0.25) is 0 Å². The van der Waals surface area contributed by atoms with Crippen LogP contribution < -0.4 is 11.1 Å². The SMILES string of the molecule is Nc1ccc(-n2c(Cl)c(-c3ccc(Cl)cc3)c3c(NC(=O)O)ncnc32)cc1. The molecule has 28 heavy (non-hydrogen) atoms. The molecule has 7 nitrogen and oxygen atoms in total. The number of aromatic nitrogens is 3. The maximum Gasteiger partial charge on any atom is 0.410 e. The van der Waals surface area contributed by atoms with Crippen LogP contribution in [0.1, 0.15) is 0 Å². The van der Waals surface area contributed by atoms with E-state index < -0.39 is 6.09 Å². The van der Waals surface area contributed by atoms with Crippen molar-refractivity contribution in [3.8, 4) is 16.8 Å². The number of anilines is 2. The first-order valence-electron chi connectivity index (χ1n) is 8.12. The molecule has 9 heteroatoms. The van der Waals surface area contributed by atoms with Gasteiger partial charge in [-0.2, -0.15) is 0 Å². The van der Waals surface area contributed by atoms with Crippen LogP contribution in [0.4, 0.5) is 16.3 Å². The molecule has 0 aliphatic rings. The van der Waals surface area contributed by atoms with Crippen molar-refractivity contribution >= 4 is 51.8 Å². The van der Waals surface area contributed by atoms with Crippen LogP contribution in [-0.4, -0.2) is 25.7 Å². The van der Waals surface area contributed by atoms with Gasteiger partial charge >= 0.3 is 6.09 Å². The van der Waals surface area contributed by atoms with Crippen molar-refractivity contribution in [1.29, 1.82) is 0 Å². The van der Waals surface area contributed by atoms with E-state index in [1.165, 1.54) is 6.33 Å². The zero-order valence-electron chi connectivity index (χ0n) is 14.2. The van der Waals surface area contributed by atoms with Gasteiger partial charge < -0.3 is 10.8 Å². The van der Waals surface area contributed by atoms with Crippen LogP contribution in [0.2, 0.25) is 10.2 Å². The molecular weight excluding hydrogens is 401 g/mol. The van der Waals surface area contributed by atoms with Crippen LogP contribution in [0, 0.1) is 0 Å². The monoisotopic (exact) mass is 413 g/mol. The van der Waals surface area contributed by atoms with Gasteiger partial charge in [-0.05, 0) is 42.0 Å². The molecule has 2 aromatic carbocycles. The van der Waals surface area contributed by atoms with E-state index in [2.05, 4.69) is 15.3 Å². The second kappa shape index (κ2) is 7.03. The summed E-state index contributed by atoms with van der Waals surface area (Å²) < 4.78 is 1.72. The number of nitrogen functional groups attached to an aromatic ring is 1. The summed E-state index contributed by atoms with van der Waals surface area (Å²) in [5.74, 6) is 0.138. The van der Waals surface area contributed by atoms with Gasteiger partial charge in [0, 0.05) is 22.0 Å². The molecule has 0 atom stereocenters. The number of halogens is 2. The summed E-state index contributed by atoms with van der Waals surface area (Å²) in [5, 5.41) is 12.9. The smallest absolute Gasteiger partial charge is 0.410 e. The third kappa shape index (κ3) is 3.11. The van der Waals surface area contributed by atoms with E-state index in [1.54, 1.807) is 53.1 Å². The van der Waals surface area contributed by atoms with Gasteiger partial charge in [-0.3, -0.25) is 9.88 Å². The lowest BCUT2D eigenvalue weighted by Gasteiger charge is -2.07. The summed E-state index contributed by atoms with van der Waals surface area (Å²) in [6.45, 7) is 0. The van der Waals surface area contributed by atoms with E-state index in [4.69, 9.17) is 28.9 Å². The molecule has 4 aromatic rings. The molecule has 0 radical (unpaired) electrons. The number of hydrogen-bond acceptors (Lipinski definition) is 4. The minimum atomic E-state index is -1.24. The van der Waals surface area contributed by atoms with Gasteiger partial charge in [0.05, 0.1) is 5.39 Å². The Labute approximate surface area is 169 Å². The van der Waals surface area contributed by atoms with Crippen LogP contribution in [0.3, 0.4) is 0 Å². The first-order valence-corrected chi connectivity index (χ1v) is 8.88. The number of carbonyl (C=O) groups is 1. The molecule has 0 saturated carbocycles. The number of amides is 1. The lowest BCUT2D eigenvalue weighted by Crippen LogP contribution is -2.09. The van der Waals surface area contributed by atoms with E-state index in [0.717, 1.165) is 11.3 Å². The van der Waals surface area contributed by atoms with E-state index in [1.807, 2.05) is 0 Å². The van der Waals surface area contributed by atoms with Crippen molar-refractivity contribution in [2.45, 2.75) is 0 Å². The molecule has 0 aliphatic carbocycles. The maximum atomic E-state index is 11.3. The lowest BCUT2D eigenvalue weighted by molar-refractivity contribution is 0.209. The zero-order valence-corrected chi connectivity index (χ0v) is 15.7. The number of nitrogens with zero attached hydrogens (tertiary/aromatic N) is 3. The Bertz CT molecular complexity index is 1190. The summed E-state index contributed by atoms with van der Waals surface area (Å²) >= 11 is 12.8. The Morgan fingerprint density at radius 2 is 1.71 bits per heavy atom. The number of fused-ring (bicyclic) bond motifs is 1. The maximum absolute atomic E-state index is 11.3. The fourth-order valence-electron chi connectivity index (χ4n) is 3.02. The summed E-state index contributed by atoms with van der Waals surface area (Å²) in [4.78, 5) is 19.7. The van der Waals surface area contributed by atoms with Gasteiger partial charge in [-0.15, -0.1) is 0 Å². The van der Waals surface area contributed by atoms with Crippen molar-refractivity contribution in [2.75, 3.05) is 11.1 Å². The molecule has 4 N–H and O–H groups in total. The highest BCUT2D eigenvalue weighted by Crippen LogP contribution is 2.42. The molecule has 2 heterocycles. The fourth-order valence-corrected chi connectivity index (χ4v) is 3.53. The minimum absolute atomic E-state index is 0.138. The highest BCUT2D eigenvalue weighted by atomic mass is 35.5. The molecule has 0 fully saturated rings. The molecule has 140 valence electrons. The third-order valence-corrected chi connectivity index (χ3v) is 4.81. The number of rotatable bonds is 3. The van der Waals surface area contributed by atoms with Crippen LogP contribution >= 0.6 is 23.2 Å². The first-order chi connectivity index (χ1) is 13.5. The first kappa shape index (κ1) is 18.1. The topological polar surface area (TPSA) is 106 Å². The molecule has 0 saturated heterocycles. The van der Waals surface area contributed by atoms with Gasteiger partial charge in [0.25, 0.3) is 0 Å². The van der Waals surface area contributed by atoms with Gasteiger partial charge in [-0.25, -0.2) is 14.8 Å². The van der Waals surface area contributed by atoms with Crippen LogP contribution in [0.5, 0.6) is 0 Å². The van der Waals surface area contributed by atoms with E-state index in [0.29, 0.717) is 32.5 Å². The van der Waals surface area contributed by atoms with Gasteiger partial charge in [-0.1, -0.05) is 35.3 Å². The third-order valence-electron chi connectivity index (χ3n) is 4.20. The summed E-state index contributed by atoms with van der Waals surface area (Å²) in [6, 6.07) is 14.2. The Balaban J connectivity index is 2.08. The summed E-state index contributed by atoms with van der Waals surface area (Å²) in [6.07, 6.45) is 0.0435. The number of nitrogens with two attached hydrogens (primary N) is 1. The standard InChI is InChI=1S/C19H13Cl2N5O2/c20-11-3-1-10(2-4-11)14-15-17(25-19(27)28)23-9-24-18(15)26(16(14)21)13-7-5-12(22)6-8-13/h1-9H,22H2,(H,27,28)(H,23,24,25). The largest absolute Gasteiger partial charge is 0.465 e. The highest BCUT2D eigenvalue weighted by Gasteiger charge is 2.23. The summed E-state index contributed by atoms with van der Waals surface area (Å²) in [7, 11) is 0. The van der Waals surface area contributed by atoms with Crippen molar-refractivity contribution in [3.05, 3.63) is 65.0 Å². The molecule has 4 rings (SSSR count). The van der Waals surface area contributed by atoms with E-state index in [-0.39, 0.29) is 5.82 Å². The molecule has 2 aromatic heterocycles. The predicted molar refractivity (Wildman–Crippen MR) is 110 cm³/mol. The molecule has 0 unspecified atom stereocenters. The van der Waals surface area contributed by atoms with Crippen molar-refractivity contribution in [2.24, 2.45) is 0 Å². The van der Waals surface area contributed by atoms with Crippen molar-refractivity contribution in [3.63, 3.8) is 0 Å². The Morgan fingerprint density at radius 3 is 2.36 bits per heavy atom. The Morgan fingerprint density at radius 1 is 1.04 bits per heavy atom. The van der Waals surface area contributed by atoms with Crippen LogP contribution in [-0.2, 0) is 0 Å². The Kier molecular flexibility index (Phi) is 4.54. The lowest BCUT2D eigenvalue weighted by atomic mass is 10.1.